The highest BCUT2D eigenvalue weighted by atomic mass is 16.7. The Morgan fingerprint density at radius 1 is 0.656 bits per heavy atom. The molecule has 2 aromatic carbocycles. The van der Waals surface area contributed by atoms with Gasteiger partial charge >= 0.3 is 11.9 Å². The monoisotopic (exact) mass is 442 g/mol. The maximum absolute atomic E-state index is 11.9. The van der Waals surface area contributed by atoms with Crippen molar-refractivity contribution in [3.8, 4) is 23.0 Å². The lowest BCUT2D eigenvalue weighted by atomic mass is 10.1. The van der Waals surface area contributed by atoms with Crippen molar-refractivity contribution in [3.05, 3.63) is 47.5 Å². The maximum atomic E-state index is 11.9. The maximum Gasteiger partial charge on any atom is 0.306 e. The molecule has 0 spiro atoms. The Morgan fingerprint density at radius 2 is 1.09 bits per heavy atom. The second-order valence-electron chi connectivity index (χ2n) is 7.24. The van der Waals surface area contributed by atoms with Crippen LogP contribution < -0.4 is 18.9 Å². The molecule has 0 aliphatic carbocycles. The van der Waals surface area contributed by atoms with E-state index in [1.54, 1.807) is 12.1 Å². The molecule has 0 saturated carbocycles. The second kappa shape index (κ2) is 10.0. The fraction of sp³-hybridized carbons (Fsp3) is 0.348. The van der Waals surface area contributed by atoms with Crippen LogP contribution in [0.4, 0.5) is 0 Å². The molecular weight excluding hydrogens is 420 g/mol. The summed E-state index contributed by atoms with van der Waals surface area (Å²) in [5.74, 6) is 1.13. The van der Waals surface area contributed by atoms with Gasteiger partial charge in [0.2, 0.25) is 19.4 Å². The van der Waals surface area contributed by atoms with E-state index in [9.17, 15) is 14.4 Å². The average Bonchev–Trinajstić information content (AvgIpc) is 3.47. The van der Waals surface area contributed by atoms with Gasteiger partial charge in [-0.15, -0.1) is 0 Å². The highest BCUT2D eigenvalue weighted by Gasteiger charge is 2.16. The predicted octanol–water partition coefficient (Wildman–Crippen LogP) is 2.36. The topological polar surface area (TPSA) is 107 Å². The van der Waals surface area contributed by atoms with Crippen molar-refractivity contribution in [2.24, 2.45) is 0 Å². The molecule has 9 nitrogen and oxygen atoms in total. The van der Waals surface area contributed by atoms with Crippen molar-refractivity contribution in [3.63, 3.8) is 0 Å². The molecule has 9 heteroatoms. The van der Waals surface area contributed by atoms with E-state index < -0.39 is 30.9 Å². The summed E-state index contributed by atoms with van der Waals surface area (Å²) in [5, 5.41) is 0. The van der Waals surface area contributed by atoms with E-state index in [1.807, 2.05) is 24.3 Å². The van der Waals surface area contributed by atoms with Gasteiger partial charge in [0.05, 0.1) is 0 Å². The minimum absolute atomic E-state index is 0.113. The molecule has 0 fully saturated rings. The van der Waals surface area contributed by atoms with Crippen LogP contribution in [-0.2, 0) is 36.7 Å². The number of fused-ring (bicyclic) bond motifs is 2. The Balaban J connectivity index is 1.10. The molecule has 0 N–H and O–H groups in total. The van der Waals surface area contributed by atoms with Crippen LogP contribution in [0.25, 0.3) is 0 Å². The fourth-order valence-electron chi connectivity index (χ4n) is 3.19. The zero-order valence-corrected chi connectivity index (χ0v) is 17.3. The third-order valence-corrected chi connectivity index (χ3v) is 4.90. The number of benzene rings is 2. The fourth-order valence-corrected chi connectivity index (χ4v) is 3.19. The van der Waals surface area contributed by atoms with Crippen LogP contribution in [0.3, 0.4) is 0 Å². The molecule has 4 rings (SSSR count). The smallest absolute Gasteiger partial charge is 0.306 e. The Bertz CT molecular complexity index is 935. The van der Waals surface area contributed by atoms with E-state index in [1.165, 1.54) is 0 Å². The lowest BCUT2D eigenvalue weighted by Gasteiger charge is -2.07. The molecule has 2 heterocycles. The van der Waals surface area contributed by atoms with E-state index in [0.29, 0.717) is 35.8 Å². The van der Waals surface area contributed by atoms with Gasteiger partial charge in [-0.05, 0) is 48.2 Å². The van der Waals surface area contributed by atoms with Crippen molar-refractivity contribution < 1.29 is 42.8 Å². The van der Waals surface area contributed by atoms with Crippen molar-refractivity contribution in [2.75, 3.05) is 26.8 Å². The summed E-state index contributed by atoms with van der Waals surface area (Å²) < 4.78 is 31.0. The van der Waals surface area contributed by atoms with Gasteiger partial charge < -0.3 is 28.4 Å². The number of carbonyl (C=O) groups is 3. The van der Waals surface area contributed by atoms with E-state index in [0.717, 1.165) is 11.1 Å². The number of Topliss-reactive ketones (excluding diaryl/α,β-unsaturated/α-hetero) is 1. The standard InChI is InChI=1S/C23H22O9/c24-17(11-27-22(25)7-3-15-1-5-18-20(9-15)31-13-29-18)12-28-23(26)8-4-16-2-6-19-21(10-16)32-14-30-19/h1-2,5-6,9-10H,3-4,7-8,11-14H2. The lowest BCUT2D eigenvalue weighted by molar-refractivity contribution is -0.153. The van der Waals surface area contributed by atoms with Gasteiger partial charge in [-0.25, -0.2) is 0 Å². The van der Waals surface area contributed by atoms with E-state index in [4.69, 9.17) is 28.4 Å². The zero-order chi connectivity index (χ0) is 22.3. The Morgan fingerprint density at radius 3 is 1.56 bits per heavy atom. The lowest BCUT2D eigenvalue weighted by Crippen LogP contribution is -2.20. The first-order valence-corrected chi connectivity index (χ1v) is 10.2. The number of esters is 2. The Hall–Kier alpha value is -3.75. The number of ketones is 1. The molecule has 168 valence electrons. The molecule has 32 heavy (non-hydrogen) atoms. The average molecular weight is 442 g/mol. The largest absolute Gasteiger partial charge is 0.458 e. The van der Waals surface area contributed by atoms with Gasteiger partial charge in [-0.3, -0.25) is 14.4 Å². The molecule has 0 atom stereocenters. The molecule has 0 saturated heterocycles. The summed E-state index contributed by atoms with van der Waals surface area (Å²) in [6.45, 7) is -0.497. The van der Waals surface area contributed by atoms with Crippen LogP contribution in [0.5, 0.6) is 23.0 Å². The van der Waals surface area contributed by atoms with Crippen LogP contribution in [0.1, 0.15) is 24.0 Å². The number of aryl methyl sites for hydroxylation is 2. The first-order valence-electron chi connectivity index (χ1n) is 10.2. The molecule has 2 aliphatic rings. The molecular formula is C23H22O9. The van der Waals surface area contributed by atoms with E-state index in [2.05, 4.69) is 0 Å². The van der Waals surface area contributed by atoms with Crippen LogP contribution >= 0.6 is 0 Å². The van der Waals surface area contributed by atoms with Crippen LogP contribution in [0, 0.1) is 0 Å². The summed E-state index contributed by atoms with van der Waals surface area (Å²) in [6, 6.07) is 10.9. The van der Waals surface area contributed by atoms with Gasteiger partial charge in [-0.2, -0.15) is 0 Å². The zero-order valence-electron chi connectivity index (χ0n) is 17.3. The number of rotatable bonds is 10. The third-order valence-electron chi connectivity index (χ3n) is 4.90. The summed E-state index contributed by atoms with van der Waals surface area (Å²) in [5.41, 5.74) is 1.79. The minimum atomic E-state index is -0.509. The summed E-state index contributed by atoms with van der Waals surface area (Å²) >= 11 is 0. The van der Waals surface area contributed by atoms with Gasteiger partial charge in [0.25, 0.3) is 0 Å². The highest BCUT2D eigenvalue weighted by Crippen LogP contribution is 2.33. The Labute approximate surface area is 184 Å². The summed E-state index contributed by atoms with van der Waals surface area (Å²) in [7, 11) is 0. The molecule has 0 radical (unpaired) electrons. The number of carbonyl (C=O) groups excluding carboxylic acids is 3. The van der Waals surface area contributed by atoms with E-state index in [-0.39, 0.29) is 26.4 Å². The first kappa shape index (κ1) is 21.5. The predicted molar refractivity (Wildman–Crippen MR) is 109 cm³/mol. The Kier molecular flexibility index (Phi) is 6.74. The van der Waals surface area contributed by atoms with E-state index >= 15 is 0 Å². The number of hydrogen-bond acceptors (Lipinski definition) is 9. The minimum Gasteiger partial charge on any atom is -0.458 e. The van der Waals surface area contributed by atoms with Crippen molar-refractivity contribution in [2.45, 2.75) is 25.7 Å². The highest BCUT2D eigenvalue weighted by molar-refractivity contribution is 5.85. The first-order chi connectivity index (χ1) is 15.6. The van der Waals surface area contributed by atoms with Crippen LogP contribution in [-0.4, -0.2) is 44.5 Å². The molecule has 2 aromatic rings. The number of hydrogen-bond donors (Lipinski definition) is 0. The van der Waals surface area contributed by atoms with Crippen molar-refractivity contribution in [1.29, 1.82) is 0 Å². The quantitative estimate of drug-likeness (QED) is 0.513. The SMILES string of the molecule is O=C(COC(=O)CCc1ccc2c(c1)OCO2)COC(=O)CCc1ccc2c(c1)OCO2. The van der Waals surface area contributed by atoms with Crippen LogP contribution in [0.15, 0.2) is 36.4 Å². The third kappa shape index (κ3) is 5.69. The summed E-state index contributed by atoms with van der Waals surface area (Å²) in [4.78, 5) is 35.6. The molecule has 2 aliphatic heterocycles. The summed E-state index contributed by atoms with van der Waals surface area (Å²) in [6.07, 6.45) is 1.11. The number of ether oxygens (including phenoxy) is 6. The van der Waals surface area contributed by atoms with Gasteiger partial charge in [0.15, 0.2) is 36.2 Å². The normalized spacial score (nSPS) is 13.0. The van der Waals surface area contributed by atoms with Gasteiger partial charge in [-0.1, -0.05) is 12.1 Å². The molecule has 0 amide bonds. The van der Waals surface area contributed by atoms with Crippen molar-refractivity contribution in [1.82, 2.24) is 0 Å². The molecule has 0 aromatic heterocycles. The van der Waals surface area contributed by atoms with Crippen molar-refractivity contribution >= 4 is 17.7 Å². The van der Waals surface area contributed by atoms with Gasteiger partial charge in [0.1, 0.15) is 0 Å². The van der Waals surface area contributed by atoms with Gasteiger partial charge in [0, 0.05) is 12.8 Å². The molecule has 0 unspecified atom stereocenters. The van der Waals surface area contributed by atoms with Crippen LogP contribution in [0.2, 0.25) is 0 Å². The second-order valence-corrected chi connectivity index (χ2v) is 7.24. The molecule has 0 bridgehead atoms.